The van der Waals surface area contributed by atoms with E-state index in [9.17, 15) is 0 Å². The predicted octanol–water partition coefficient (Wildman–Crippen LogP) is 0.906. The van der Waals surface area contributed by atoms with Crippen LogP contribution >= 0.6 is 0 Å². The summed E-state index contributed by atoms with van der Waals surface area (Å²) in [5.74, 6) is 0. The maximum Gasteiger partial charge on any atom is 0.455 e. The van der Waals surface area contributed by atoms with E-state index >= 15 is 0 Å². The maximum atomic E-state index is 3.93. The molecule has 0 bridgehead atoms. The molecule has 5 heteroatoms. The number of hydrogen-bond donors (Lipinski definition) is 0. The lowest BCUT2D eigenvalue weighted by Crippen LogP contribution is -2.41. The third-order valence-corrected chi connectivity index (χ3v) is 1.68. The minimum absolute atomic E-state index is 0.119. The molecule has 1 aliphatic heterocycles. The van der Waals surface area contributed by atoms with E-state index in [1.165, 1.54) is 0 Å². The van der Waals surface area contributed by atoms with Gasteiger partial charge in [-0.15, -0.1) is 4.57 Å². The van der Waals surface area contributed by atoms with Crippen molar-refractivity contribution >= 4 is 0 Å². The third-order valence-electron chi connectivity index (χ3n) is 1.68. The van der Waals surface area contributed by atoms with Gasteiger partial charge in [0.25, 0.3) is 0 Å². The molecule has 1 aliphatic rings. The highest BCUT2D eigenvalue weighted by molar-refractivity contribution is 4.83. The number of rotatable bonds is 1. The Morgan fingerprint density at radius 1 is 1.17 bits per heavy atom. The van der Waals surface area contributed by atoms with E-state index in [2.05, 4.69) is 15.6 Å². The zero-order valence-electron chi connectivity index (χ0n) is 6.70. The number of nitrogens with zero attached hydrogens (tertiary/aromatic N) is 5. The summed E-state index contributed by atoms with van der Waals surface area (Å²) >= 11 is 0. The third kappa shape index (κ3) is 1.09. The van der Waals surface area contributed by atoms with Crippen LogP contribution in [0.3, 0.4) is 0 Å². The van der Waals surface area contributed by atoms with Gasteiger partial charge in [0, 0.05) is 12.1 Å². The molecule has 5 nitrogen and oxygen atoms in total. The first-order valence-corrected chi connectivity index (χ1v) is 3.67. The highest BCUT2D eigenvalue weighted by Gasteiger charge is 2.30. The van der Waals surface area contributed by atoms with E-state index in [-0.39, 0.29) is 6.29 Å². The Bertz CT molecular complexity index is 329. The van der Waals surface area contributed by atoms with E-state index in [0.717, 1.165) is 0 Å². The highest BCUT2D eigenvalue weighted by atomic mass is 15.7. The molecule has 0 spiro atoms. The molecular weight excluding hydrogens is 154 g/mol. The summed E-state index contributed by atoms with van der Waals surface area (Å²) in [5, 5.41) is 11.3. The summed E-state index contributed by atoms with van der Waals surface area (Å²) in [6.45, 7) is 0. The molecule has 1 atom stereocenters. The van der Waals surface area contributed by atoms with Gasteiger partial charge in [-0.25, -0.2) is 0 Å². The zero-order valence-corrected chi connectivity index (χ0v) is 6.70. The Labute approximate surface area is 69.7 Å². The van der Waals surface area contributed by atoms with Gasteiger partial charge in [0.1, 0.15) is 7.05 Å². The minimum Gasteiger partial charge on any atom is -0.139 e. The Morgan fingerprint density at radius 2 is 1.92 bits per heavy atom. The minimum atomic E-state index is -0.119. The lowest BCUT2D eigenvalue weighted by Gasteiger charge is -1.95. The van der Waals surface area contributed by atoms with Crippen LogP contribution in [0.25, 0.3) is 0 Å². The largest absolute Gasteiger partial charge is 0.455 e. The molecule has 2 rings (SSSR count). The molecule has 0 amide bonds. The summed E-state index contributed by atoms with van der Waals surface area (Å²) in [6, 6.07) is 5.85. The van der Waals surface area contributed by atoms with E-state index in [0.29, 0.717) is 0 Å². The Kier molecular flexibility index (Phi) is 1.62. The zero-order chi connectivity index (χ0) is 8.39. The van der Waals surface area contributed by atoms with Crippen molar-refractivity contribution < 1.29 is 9.26 Å². The highest BCUT2D eigenvalue weighted by Crippen LogP contribution is 2.07. The van der Waals surface area contributed by atoms with E-state index < -0.39 is 0 Å². The Balaban J connectivity index is 2.33. The van der Waals surface area contributed by atoms with Crippen LogP contribution in [0.1, 0.15) is 6.29 Å². The molecule has 0 fully saturated rings. The van der Waals surface area contributed by atoms with Gasteiger partial charge in [-0.05, 0) is 0 Å². The molecule has 60 valence electrons. The van der Waals surface area contributed by atoms with E-state index in [1.54, 1.807) is 4.70 Å². The van der Waals surface area contributed by atoms with Gasteiger partial charge in [-0.2, -0.15) is 0 Å². The van der Waals surface area contributed by atoms with Gasteiger partial charge in [-0.1, -0.05) is 10.8 Å². The second kappa shape index (κ2) is 2.77. The van der Waals surface area contributed by atoms with Gasteiger partial charge in [-0.3, -0.25) is 0 Å². The average molecular weight is 163 g/mol. The van der Waals surface area contributed by atoms with Crippen LogP contribution in [-0.2, 0) is 0 Å². The SMILES string of the molecule is C[N+]1=NN=NC1[n+]1ccccc1. The van der Waals surface area contributed by atoms with Crippen molar-refractivity contribution in [3.05, 3.63) is 30.6 Å². The van der Waals surface area contributed by atoms with E-state index in [1.807, 2.05) is 42.2 Å². The van der Waals surface area contributed by atoms with Gasteiger partial charge < -0.3 is 0 Å². The second-order valence-electron chi connectivity index (χ2n) is 2.54. The number of pyridine rings is 1. The Hall–Kier alpha value is -1.65. The first kappa shape index (κ1) is 7.02. The first-order valence-electron chi connectivity index (χ1n) is 3.67. The molecule has 0 saturated heterocycles. The van der Waals surface area contributed by atoms with Crippen LogP contribution in [0.5, 0.6) is 0 Å². The van der Waals surface area contributed by atoms with Crippen molar-refractivity contribution in [2.45, 2.75) is 6.29 Å². The van der Waals surface area contributed by atoms with Gasteiger partial charge in [0.2, 0.25) is 5.22 Å². The van der Waals surface area contributed by atoms with Crippen LogP contribution in [0, 0.1) is 0 Å². The molecule has 1 aromatic heterocycles. The monoisotopic (exact) mass is 163 g/mol. The average Bonchev–Trinajstić information content (AvgIpc) is 2.53. The fourth-order valence-electron chi connectivity index (χ4n) is 1.07. The predicted molar refractivity (Wildman–Crippen MR) is 39.1 cm³/mol. The summed E-state index contributed by atoms with van der Waals surface area (Å²) in [6.07, 6.45) is 3.74. The van der Waals surface area contributed by atoms with Crippen LogP contribution in [-0.4, -0.2) is 11.7 Å². The molecule has 1 aromatic rings. The molecule has 0 radical (unpaired) electrons. The standard InChI is InChI=1S/C7H9N5/c1-11-7(8-9-10-11)12-5-3-2-4-6-12/h2-7H,1H3/q+2. The Morgan fingerprint density at radius 3 is 2.50 bits per heavy atom. The topological polar surface area (TPSA) is 44.0 Å². The maximum absolute atomic E-state index is 3.93. The van der Waals surface area contributed by atoms with Crippen molar-refractivity contribution in [1.29, 1.82) is 0 Å². The normalized spacial score (nSPS) is 21.1. The fourth-order valence-corrected chi connectivity index (χ4v) is 1.07. The van der Waals surface area contributed by atoms with E-state index in [4.69, 9.17) is 0 Å². The van der Waals surface area contributed by atoms with Crippen LogP contribution in [0.15, 0.2) is 46.2 Å². The fraction of sp³-hybridized carbons (Fsp3) is 0.286. The lowest BCUT2D eigenvalue weighted by molar-refractivity contribution is -0.887. The lowest BCUT2D eigenvalue weighted by atomic mass is 10.5. The van der Waals surface area contributed by atoms with Crippen molar-refractivity contribution in [3.8, 4) is 0 Å². The summed E-state index contributed by atoms with van der Waals surface area (Å²) in [4.78, 5) is 0. The summed E-state index contributed by atoms with van der Waals surface area (Å²) in [5.41, 5.74) is 0. The smallest absolute Gasteiger partial charge is 0.139 e. The van der Waals surface area contributed by atoms with Crippen LogP contribution in [0.4, 0.5) is 0 Å². The molecule has 12 heavy (non-hydrogen) atoms. The van der Waals surface area contributed by atoms with Crippen LogP contribution in [0.2, 0.25) is 0 Å². The molecule has 0 aromatic carbocycles. The molecule has 2 heterocycles. The number of hydrogen-bond acceptors (Lipinski definition) is 3. The van der Waals surface area contributed by atoms with Crippen molar-refractivity contribution in [1.82, 2.24) is 0 Å². The van der Waals surface area contributed by atoms with Crippen molar-refractivity contribution in [2.75, 3.05) is 7.05 Å². The molecular formula is C7H9N5+2. The quantitative estimate of drug-likeness (QED) is 0.552. The van der Waals surface area contributed by atoms with Crippen molar-refractivity contribution in [2.24, 2.45) is 15.6 Å². The number of aromatic nitrogens is 1. The second-order valence-corrected chi connectivity index (χ2v) is 2.54. The van der Waals surface area contributed by atoms with Crippen LogP contribution < -0.4 is 4.57 Å². The molecule has 1 unspecified atom stereocenters. The van der Waals surface area contributed by atoms with Gasteiger partial charge >= 0.3 is 6.29 Å². The van der Waals surface area contributed by atoms with Gasteiger partial charge in [0.05, 0.1) is 5.11 Å². The van der Waals surface area contributed by atoms with Crippen molar-refractivity contribution in [3.63, 3.8) is 0 Å². The van der Waals surface area contributed by atoms with Gasteiger partial charge in [0.15, 0.2) is 17.6 Å². The summed E-state index contributed by atoms with van der Waals surface area (Å²) < 4.78 is 3.62. The molecule has 0 saturated carbocycles. The molecule has 0 aliphatic carbocycles. The molecule has 0 N–H and O–H groups in total. The summed E-state index contributed by atoms with van der Waals surface area (Å²) in [7, 11) is 1.84. The first-order chi connectivity index (χ1) is 5.88.